The molecule has 0 unspecified atom stereocenters. The van der Waals surface area contributed by atoms with E-state index in [1.165, 1.54) is 4.80 Å². The highest BCUT2D eigenvalue weighted by molar-refractivity contribution is 5.93. The second-order valence-electron chi connectivity index (χ2n) is 6.70. The van der Waals surface area contributed by atoms with Crippen molar-refractivity contribution in [3.05, 3.63) is 54.2 Å². The molecule has 0 spiro atoms. The van der Waals surface area contributed by atoms with Crippen molar-refractivity contribution in [1.82, 2.24) is 25.1 Å². The Morgan fingerprint density at radius 3 is 2.45 bits per heavy atom. The molecule has 0 atom stereocenters. The Kier molecular flexibility index (Phi) is 5.14. The number of tetrazole rings is 1. The molecule has 1 saturated heterocycles. The Bertz CT molecular complexity index is 995. The average molecular weight is 393 g/mol. The number of pyridine rings is 1. The smallest absolute Gasteiger partial charge is 0.274 e. The molecular weight excluding hydrogens is 372 g/mol. The van der Waals surface area contributed by atoms with Crippen molar-refractivity contribution in [3.8, 4) is 11.4 Å². The maximum Gasteiger partial charge on any atom is 0.274 e. The fraction of sp³-hybridized carbons (Fsp3) is 0.263. The quantitative estimate of drug-likeness (QED) is 0.629. The molecule has 1 aliphatic heterocycles. The fourth-order valence-corrected chi connectivity index (χ4v) is 3.21. The molecule has 3 N–H and O–H groups in total. The summed E-state index contributed by atoms with van der Waals surface area (Å²) in [7, 11) is 0. The minimum atomic E-state index is -0.496. The SMILES string of the molecule is NC(=O)c1ccc(-c2nnn(CC(=O)N3CCN(c4cccc[nH+]4)CC3)n2)cc1. The van der Waals surface area contributed by atoms with Gasteiger partial charge < -0.3 is 10.6 Å². The van der Waals surface area contributed by atoms with Crippen LogP contribution in [0.1, 0.15) is 10.4 Å². The van der Waals surface area contributed by atoms with Gasteiger partial charge in [-0.1, -0.05) is 18.2 Å². The summed E-state index contributed by atoms with van der Waals surface area (Å²) in [5.74, 6) is 0.890. The highest BCUT2D eigenvalue weighted by Gasteiger charge is 2.26. The fourth-order valence-electron chi connectivity index (χ4n) is 3.21. The zero-order valence-corrected chi connectivity index (χ0v) is 15.7. The monoisotopic (exact) mass is 393 g/mol. The van der Waals surface area contributed by atoms with E-state index in [1.807, 2.05) is 29.3 Å². The van der Waals surface area contributed by atoms with Gasteiger partial charge in [-0.15, -0.1) is 10.2 Å². The van der Waals surface area contributed by atoms with Gasteiger partial charge in [0.05, 0.1) is 19.3 Å². The maximum atomic E-state index is 12.6. The molecular formula is C19H21N8O2+. The Morgan fingerprint density at radius 1 is 1.03 bits per heavy atom. The summed E-state index contributed by atoms with van der Waals surface area (Å²) in [5, 5.41) is 12.2. The van der Waals surface area contributed by atoms with Crippen LogP contribution in [-0.4, -0.2) is 63.1 Å². The minimum absolute atomic E-state index is 0.0316. The normalized spacial score (nSPS) is 14.1. The largest absolute Gasteiger partial charge is 0.366 e. The molecule has 0 radical (unpaired) electrons. The maximum absolute atomic E-state index is 12.6. The zero-order valence-electron chi connectivity index (χ0n) is 15.7. The number of primary amides is 1. The average Bonchev–Trinajstić information content (AvgIpc) is 3.23. The summed E-state index contributed by atoms with van der Waals surface area (Å²) < 4.78 is 0. The summed E-state index contributed by atoms with van der Waals surface area (Å²) in [6.45, 7) is 2.82. The van der Waals surface area contributed by atoms with Gasteiger partial charge in [0, 0.05) is 17.2 Å². The zero-order chi connectivity index (χ0) is 20.2. The highest BCUT2D eigenvalue weighted by atomic mass is 16.2. The lowest BCUT2D eigenvalue weighted by Crippen LogP contribution is -2.50. The highest BCUT2D eigenvalue weighted by Crippen LogP contribution is 2.15. The number of hydrogen-bond acceptors (Lipinski definition) is 6. The number of nitrogens with two attached hydrogens (primary N) is 1. The molecule has 29 heavy (non-hydrogen) atoms. The van der Waals surface area contributed by atoms with Crippen molar-refractivity contribution < 1.29 is 14.6 Å². The first-order valence-corrected chi connectivity index (χ1v) is 9.27. The van der Waals surface area contributed by atoms with E-state index in [-0.39, 0.29) is 12.5 Å². The van der Waals surface area contributed by atoms with E-state index >= 15 is 0 Å². The lowest BCUT2D eigenvalue weighted by molar-refractivity contribution is -0.364. The molecule has 3 aromatic rings. The molecule has 0 aliphatic carbocycles. The van der Waals surface area contributed by atoms with E-state index in [2.05, 4.69) is 25.3 Å². The number of anilines is 1. The van der Waals surface area contributed by atoms with Crippen LogP contribution in [-0.2, 0) is 11.3 Å². The molecule has 0 saturated carbocycles. The lowest BCUT2D eigenvalue weighted by Gasteiger charge is -2.30. The number of nitrogens with zero attached hydrogens (tertiary/aromatic N) is 6. The molecule has 10 heteroatoms. The van der Waals surface area contributed by atoms with Gasteiger partial charge in [-0.2, -0.15) is 4.80 Å². The molecule has 10 nitrogen and oxygen atoms in total. The molecule has 1 aliphatic rings. The van der Waals surface area contributed by atoms with Crippen molar-refractivity contribution >= 4 is 17.6 Å². The van der Waals surface area contributed by atoms with E-state index in [9.17, 15) is 9.59 Å². The molecule has 4 rings (SSSR count). The van der Waals surface area contributed by atoms with E-state index in [0.29, 0.717) is 30.0 Å². The van der Waals surface area contributed by atoms with Crippen LogP contribution in [0.4, 0.5) is 5.82 Å². The lowest BCUT2D eigenvalue weighted by atomic mass is 10.1. The molecule has 148 valence electrons. The van der Waals surface area contributed by atoms with Crippen LogP contribution in [0.25, 0.3) is 11.4 Å². The first kappa shape index (κ1) is 18.5. The summed E-state index contributed by atoms with van der Waals surface area (Å²) in [6, 6.07) is 12.5. The van der Waals surface area contributed by atoms with Gasteiger partial charge in [0.25, 0.3) is 5.82 Å². The van der Waals surface area contributed by atoms with Gasteiger partial charge in [-0.05, 0) is 23.4 Å². The second kappa shape index (κ2) is 8.05. The second-order valence-corrected chi connectivity index (χ2v) is 6.70. The number of nitrogens with one attached hydrogen (secondary N) is 1. The Morgan fingerprint density at radius 2 is 1.79 bits per heavy atom. The van der Waals surface area contributed by atoms with Crippen molar-refractivity contribution in [1.29, 1.82) is 0 Å². The number of carbonyl (C=O) groups is 2. The third kappa shape index (κ3) is 4.21. The molecule has 1 aromatic carbocycles. The van der Waals surface area contributed by atoms with Crippen molar-refractivity contribution in [2.75, 3.05) is 31.1 Å². The molecule has 2 aromatic heterocycles. The number of carbonyl (C=O) groups excluding carboxylic acids is 2. The van der Waals surface area contributed by atoms with E-state index in [0.717, 1.165) is 18.9 Å². The van der Waals surface area contributed by atoms with Crippen LogP contribution in [0.2, 0.25) is 0 Å². The van der Waals surface area contributed by atoms with Crippen LogP contribution in [0.15, 0.2) is 48.7 Å². The van der Waals surface area contributed by atoms with E-state index in [1.54, 1.807) is 24.3 Å². The number of hydrogen-bond donors (Lipinski definition) is 1. The van der Waals surface area contributed by atoms with Gasteiger partial charge in [0.1, 0.15) is 19.6 Å². The minimum Gasteiger partial charge on any atom is -0.366 e. The van der Waals surface area contributed by atoms with Gasteiger partial charge in [0.2, 0.25) is 17.6 Å². The van der Waals surface area contributed by atoms with Crippen LogP contribution in [0, 0.1) is 0 Å². The third-order valence-corrected chi connectivity index (χ3v) is 4.82. The van der Waals surface area contributed by atoms with Gasteiger partial charge >= 0.3 is 0 Å². The van der Waals surface area contributed by atoms with Gasteiger partial charge in [0.15, 0.2) is 0 Å². The number of piperazine rings is 1. The number of aromatic amines is 1. The van der Waals surface area contributed by atoms with Gasteiger partial charge in [-0.3, -0.25) is 14.5 Å². The Labute approximate surface area is 166 Å². The Hall–Kier alpha value is -3.82. The van der Waals surface area contributed by atoms with Gasteiger partial charge in [-0.25, -0.2) is 4.98 Å². The summed E-state index contributed by atoms with van der Waals surface area (Å²) in [6.07, 6.45) is 1.89. The number of aromatic nitrogens is 5. The standard InChI is InChI=1S/C19H20N8O2/c20-18(29)14-4-6-15(7-5-14)19-22-24-27(23-19)13-17(28)26-11-9-25(10-12-26)16-3-1-2-8-21-16/h1-8H,9-13H2,(H2,20,29)/p+1. The van der Waals surface area contributed by atoms with Crippen molar-refractivity contribution in [2.24, 2.45) is 5.73 Å². The Balaban J connectivity index is 1.34. The summed E-state index contributed by atoms with van der Waals surface area (Å²) in [5.41, 5.74) is 6.34. The summed E-state index contributed by atoms with van der Waals surface area (Å²) in [4.78, 5) is 32.3. The van der Waals surface area contributed by atoms with Crippen LogP contribution >= 0.6 is 0 Å². The first-order chi connectivity index (χ1) is 14.1. The number of H-pyrrole nitrogens is 1. The third-order valence-electron chi connectivity index (χ3n) is 4.82. The topological polar surface area (TPSA) is 124 Å². The van der Waals surface area contributed by atoms with E-state index in [4.69, 9.17) is 5.73 Å². The number of benzene rings is 1. The van der Waals surface area contributed by atoms with Crippen molar-refractivity contribution in [3.63, 3.8) is 0 Å². The van der Waals surface area contributed by atoms with Crippen LogP contribution in [0.5, 0.6) is 0 Å². The molecule has 3 heterocycles. The molecule has 2 amide bonds. The van der Waals surface area contributed by atoms with E-state index < -0.39 is 5.91 Å². The van der Waals surface area contributed by atoms with Crippen LogP contribution < -0.4 is 15.6 Å². The molecule has 0 bridgehead atoms. The number of rotatable bonds is 5. The summed E-state index contributed by atoms with van der Waals surface area (Å²) >= 11 is 0. The van der Waals surface area contributed by atoms with Crippen molar-refractivity contribution in [2.45, 2.75) is 6.54 Å². The first-order valence-electron chi connectivity index (χ1n) is 9.27. The predicted molar refractivity (Wildman–Crippen MR) is 104 cm³/mol. The molecule has 1 fully saturated rings. The van der Waals surface area contributed by atoms with Crippen LogP contribution in [0.3, 0.4) is 0 Å². The number of amides is 2. The predicted octanol–water partition coefficient (Wildman–Crippen LogP) is -0.398.